The van der Waals surface area contributed by atoms with Crippen molar-refractivity contribution in [3.63, 3.8) is 0 Å². The van der Waals surface area contributed by atoms with Crippen LogP contribution in [0.4, 0.5) is 10.5 Å². The van der Waals surface area contributed by atoms with Crippen molar-refractivity contribution in [2.45, 2.75) is 43.9 Å². The van der Waals surface area contributed by atoms with Gasteiger partial charge in [-0.25, -0.2) is 9.78 Å². The van der Waals surface area contributed by atoms with Crippen LogP contribution in [0.2, 0.25) is 10.0 Å². The van der Waals surface area contributed by atoms with Gasteiger partial charge < -0.3 is 5.32 Å². The molecule has 2 amide bonds. The highest BCUT2D eigenvalue weighted by atomic mass is 35.5. The van der Waals surface area contributed by atoms with Crippen LogP contribution < -0.4 is 10.2 Å². The number of nitrogens with one attached hydrogen (secondary N) is 1. The largest absolute Gasteiger partial charge is 0.337 e. The van der Waals surface area contributed by atoms with E-state index in [-0.39, 0.29) is 11.4 Å². The van der Waals surface area contributed by atoms with Crippen molar-refractivity contribution in [1.29, 1.82) is 0 Å². The van der Waals surface area contributed by atoms with Crippen molar-refractivity contribution < 1.29 is 4.79 Å². The molecule has 0 bridgehead atoms. The molecule has 2 aromatic carbocycles. The number of hydrogen-bond donors (Lipinski definition) is 1. The van der Waals surface area contributed by atoms with Gasteiger partial charge in [-0.15, -0.1) is 11.3 Å². The molecular formula is C29H32Cl2N4OS. The van der Waals surface area contributed by atoms with Crippen molar-refractivity contribution in [3.8, 4) is 0 Å². The number of piperidine rings is 1. The van der Waals surface area contributed by atoms with Gasteiger partial charge in [0.25, 0.3) is 0 Å². The highest BCUT2D eigenvalue weighted by Crippen LogP contribution is 2.50. The van der Waals surface area contributed by atoms with E-state index in [0.717, 1.165) is 62.3 Å². The number of carbonyl (C=O) groups is 1. The van der Waals surface area contributed by atoms with Crippen LogP contribution in [0.5, 0.6) is 0 Å². The Morgan fingerprint density at radius 3 is 2.73 bits per heavy atom. The average Bonchev–Trinajstić information content (AvgIpc) is 3.65. The maximum absolute atomic E-state index is 13.4. The normalized spacial score (nSPS) is 19.9. The van der Waals surface area contributed by atoms with Gasteiger partial charge in [0.15, 0.2) is 0 Å². The first kappa shape index (κ1) is 25.2. The van der Waals surface area contributed by atoms with Crippen LogP contribution in [0, 0.1) is 5.92 Å². The molecule has 1 aromatic heterocycles. The second kappa shape index (κ2) is 10.6. The van der Waals surface area contributed by atoms with Crippen molar-refractivity contribution in [2.75, 3.05) is 37.6 Å². The zero-order chi connectivity index (χ0) is 25.4. The Morgan fingerprint density at radius 1 is 1.14 bits per heavy atom. The van der Waals surface area contributed by atoms with Crippen LogP contribution in [-0.2, 0) is 5.41 Å². The minimum absolute atomic E-state index is 0.0441. The number of benzene rings is 2. The Bertz CT molecular complexity index is 1320. The molecule has 1 N–H and O–H groups in total. The predicted molar refractivity (Wildman–Crippen MR) is 155 cm³/mol. The zero-order valence-electron chi connectivity index (χ0n) is 20.9. The standard InChI is InChI=1S/C29H32Cl2N4OS/c30-22-8-7-20(16-23(22)31)6-3-13-34-14-11-29(12-15-34)18-35(28(36)32-17-21-4-1-2-5-21)24-9-10-25-27(26(24)29)33-19-37-25/h3,6-10,16,19,21H,1-2,4-5,11-15,17-18H2,(H,32,36). The van der Waals surface area contributed by atoms with E-state index in [4.69, 9.17) is 28.2 Å². The molecule has 3 aliphatic rings. The summed E-state index contributed by atoms with van der Waals surface area (Å²) in [5.41, 5.74) is 6.37. The van der Waals surface area contributed by atoms with Gasteiger partial charge >= 0.3 is 6.03 Å². The summed E-state index contributed by atoms with van der Waals surface area (Å²) in [7, 11) is 0. The van der Waals surface area contributed by atoms with Crippen LogP contribution in [0.15, 0.2) is 41.9 Å². The molecule has 0 unspecified atom stereocenters. The summed E-state index contributed by atoms with van der Waals surface area (Å²) in [6.07, 6.45) is 11.4. The Kier molecular flexibility index (Phi) is 7.19. The van der Waals surface area contributed by atoms with Gasteiger partial charge in [0.1, 0.15) is 0 Å². The molecule has 8 heteroatoms. The summed E-state index contributed by atoms with van der Waals surface area (Å²) < 4.78 is 1.21. The number of urea groups is 1. The van der Waals surface area contributed by atoms with E-state index in [1.165, 1.54) is 35.9 Å². The summed E-state index contributed by atoms with van der Waals surface area (Å²) in [6, 6.07) is 10.0. The van der Waals surface area contributed by atoms with Gasteiger partial charge in [0.05, 0.1) is 31.5 Å². The molecular weight excluding hydrogens is 523 g/mol. The number of anilines is 1. The molecule has 1 saturated heterocycles. The monoisotopic (exact) mass is 554 g/mol. The van der Waals surface area contributed by atoms with Gasteiger partial charge in [0.2, 0.25) is 0 Å². The second-order valence-corrected chi connectivity index (χ2v) is 12.4. The van der Waals surface area contributed by atoms with Gasteiger partial charge in [-0.3, -0.25) is 9.80 Å². The van der Waals surface area contributed by atoms with Crippen LogP contribution in [-0.4, -0.2) is 48.6 Å². The quantitative estimate of drug-likeness (QED) is 0.358. The number of nitrogens with zero attached hydrogens (tertiary/aromatic N) is 3. The SMILES string of the molecule is O=C(NCC1CCCC1)N1CC2(CCN(CC=Cc3ccc(Cl)c(Cl)c3)CC2)c2c1ccc1scnc21. The van der Waals surface area contributed by atoms with Gasteiger partial charge in [0, 0.05) is 30.6 Å². The molecule has 6 rings (SSSR count). The van der Waals surface area contributed by atoms with Crippen LogP contribution >= 0.6 is 34.5 Å². The molecule has 3 heterocycles. The molecule has 1 aliphatic carbocycles. The molecule has 3 aromatic rings. The Labute approximate surface area is 232 Å². The maximum Gasteiger partial charge on any atom is 0.321 e. The van der Waals surface area contributed by atoms with Gasteiger partial charge in [-0.05, 0) is 74.5 Å². The Morgan fingerprint density at radius 2 is 1.95 bits per heavy atom. The number of thiazole rings is 1. The molecule has 0 atom stereocenters. The van der Waals surface area contributed by atoms with Gasteiger partial charge in [-0.2, -0.15) is 0 Å². The summed E-state index contributed by atoms with van der Waals surface area (Å²) in [5.74, 6) is 0.626. The first-order valence-corrected chi connectivity index (χ1v) is 14.9. The minimum atomic E-state index is -0.0441. The number of aromatic nitrogens is 1. The van der Waals surface area contributed by atoms with Crippen molar-refractivity contribution in [3.05, 3.63) is 63.1 Å². The van der Waals surface area contributed by atoms with E-state index in [9.17, 15) is 4.79 Å². The Hall–Kier alpha value is -2.12. The van der Waals surface area contributed by atoms with E-state index in [1.807, 2.05) is 28.6 Å². The molecule has 2 aliphatic heterocycles. The zero-order valence-corrected chi connectivity index (χ0v) is 23.2. The molecule has 1 saturated carbocycles. The lowest BCUT2D eigenvalue weighted by Gasteiger charge is -2.39. The first-order valence-electron chi connectivity index (χ1n) is 13.3. The summed E-state index contributed by atoms with van der Waals surface area (Å²) in [5, 5.41) is 4.42. The lowest BCUT2D eigenvalue weighted by molar-refractivity contribution is 0.180. The third-order valence-corrected chi connectivity index (χ3v) is 9.99. The van der Waals surface area contributed by atoms with Gasteiger partial charge in [-0.1, -0.05) is 54.3 Å². The van der Waals surface area contributed by atoms with Crippen LogP contribution in [0.1, 0.15) is 49.7 Å². The molecule has 0 radical (unpaired) electrons. The highest BCUT2D eigenvalue weighted by molar-refractivity contribution is 7.16. The summed E-state index contributed by atoms with van der Waals surface area (Å²) in [6.45, 7) is 4.39. The lowest BCUT2D eigenvalue weighted by atomic mass is 9.74. The fraction of sp³-hybridized carbons (Fsp3) is 0.448. The lowest BCUT2D eigenvalue weighted by Crippen LogP contribution is -2.48. The van der Waals surface area contributed by atoms with E-state index in [0.29, 0.717) is 16.0 Å². The van der Waals surface area contributed by atoms with Crippen molar-refractivity contribution in [1.82, 2.24) is 15.2 Å². The second-order valence-electron chi connectivity index (χ2n) is 10.7. The van der Waals surface area contributed by atoms with Crippen molar-refractivity contribution in [2.24, 2.45) is 5.92 Å². The smallest absolute Gasteiger partial charge is 0.321 e. The predicted octanol–water partition coefficient (Wildman–Crippen LogP) is 7.37. The Balaban J connectivity index is 1.17. The molecule has 5 nitrogen and oxygen atoms in total. The number of hydrogen-bond acceptors (Lipinski definition) is 4. The summed E-state index contributed by atoms with van der Waals surface area (Å²) >= 11 is 13.9. The third kappa shape index (κ3) is 5.01. The van der Waals surface area contributed by atoms with E-state index < -0.39 is 0 Å². The third-order valence-electron chi connectivity index (χ3n) is 8.45. The maximum atomic E-state index is 13.4. The molecule has 194 valence electrons. The number of rotatable bonds is 5. The topological polar surface area (TPSA) is 48.5 Å². The number of halogens is 2. The molecule has 1 spiro atoms. The van der Waals surface area contributed by atoms with Crippen LogP contribution in [0.3, 0.4) is 0 Å². The summed E-state index contributed by atoms with van der Waals surface area (Å²) in [4.78, 5) is 22.7. The molecule has 37 heavy (non-hydrogen) atoms. The number of amides is 2. The number of carbonyl (C=O) groups excluding carboxylic acids is 1. The fourth-order valence-corrected chi connectivity index (χ4v) is 7.37. The average molecular weight is 556 g/mol. The van der Waals surface area contributed by atoms with Crippen molar-refractivity contribution >= 4 is 62.5 Å². The molecule has 2 fully saturated rings. The first-order chi connectivity index (χ1) is 18.0. The minimum Gasteiger partial charge on any atom is -0.337 e. The van der Waals surface area contributed by atoms with Crippen LogP contribution in [0.25, 0.3) is 16.3 Å². The fourth-order valence-electron chi connectivity index (χ4n) is 6.38. The van der Waals surface area contributed by atoms with E-state index in [2.05, 4.69) is 34.5 Å². The number of fused-ring (bicyclic) bond motifs is 4. The number of likely N-dealkylation sites (tertiary alicyclic amines) is 1. The van der Waals surface area contributed by atoms with E-state index in [1.54, 1.807) is 11.3 Å². The highest BCUT2D eigenvalue weighted by Gasteiger charge is 2.48. The van der Waals surface area contributed by atoms with E-state index >= 15 is 0 Å².